The summed E-state index contributed by atoms with van der Waals surface area (Å²) in [5, 5.41) is 0. The van der Waals surface area contributed by atoms with Gasteiger partial charge in [0.15, 0.2) is 0 Å². The molecule has 0 bridgehead atoms. The SMILES string of the molecule is CC(OS(=O)(=O)O)N1CCOCC1. The van der Waals surface area contributed by atoms with Crippen molar-refractivity contribution in [2.24, 2.45) is 0 Å². The van der Waals surface area contributed by atoms with Crippen molar-refractivity contribution in [2.45, 2.75) is 13.2 Å². The van der Waals surface area contributed by atoms with Gasteiger partial charge in [-0.1, -0.05) is 0 Å². The number of hydrogen-bond acceptors (Lipinski definition) is 5. The van der Waals surface area contributed by atoms with Crippen LogP contribution in [0.15, 0.2) is 0 Å². The molecule has 0 aromatic rings. The van der Waals surface area contributed by atoms with Crippen LogP contribution in [0.25, 0.3) is 0 Å². The van der Waals surface area contributed by atoms with E-state index >= 15 is 0 Å². The van der Waals surface area contributed by atoms with E-state index in [1.165, 1.54) is 0 Å². The minimum atomic E-state index is -4.36. The fourth-order valence-corrected chi connectivity index (χ4v) is 1.65. The van der Waals surface area contributed by atoms with Gasteiger partial charge >= 0.3 is 10.4 Å². The van der Waals surface area contributed by atoms with E-state index in [0.29, 0.717) is 26.3 Å². The first-order valence-electron chi connectivity index (χ1n) is 3.96. The fourth-order valence-electron chi connectivity index (χ4n) is 1.18. The zero-order valence-corrected chi connectivity index (χ0v) is 8.16. The van der Waals surface area contributed by atoms with Crippen molar-refractivity contribution >= 4 is 10.4 Å². The van der Waals surface area contributed by atoms with E-state index in [0.717, 1.165) is 0 Å². The smallest absolute Gasteiger partial charge is 0.379 e. The number of rotatable bonds is 3. The van der Waals surface area contributed by atoms with Crippen LogP contribution in [0.2, 0.25) is 0 Å². The topological polar surface area (TPSA) is 76.1 Å². The van der Waals surface area contributed by atoms with Crippen LogP contribution in [0.5, 0.6) is 0 Å². The summed E-state index contributed by atoms with van der Waals surface area (Å²) in [6.45, 7) is 3.89. The maximum Gasteiger partial charge on any atom is 0.398 e. The maximum absolute atomic E-state index is 10.4. The lowest BCUT2D eigenvalue weighted by molar-refractivity contribution is -0.0384. The third kappa shape index (κ3) is 4.01. The molecule has 1 rings (SSSR count). The Morgan fingerprint density at radius 1 is 1.46 bits per heavy atom. The van der Waals surface area contributed by atoms with Crippen molar-refractivity contribution in [3.63, 3.8) is 0 Å². The van der Waals surface area contributed by atoms with Crippen LogP contribution in [0, 0.1) is 0 Å². The van der Waals surface area contributed by atoms with Crippen molar-refractivity contribution < 1.29 is 21.9 Å². The zero-order chi connectivity index (χ0) is 9.90. The van der Waals surface area contributed by atoms with Gasteiger partial charge in [-0.2, -0.15) is 8.42 Å². The average Bonchev–Trinajstić information content (AvgIpc) is 2.03. The second-order valence-electron chi connectivity index (χ2n) is 2.77. The lowest BCUT2D eigenvalue weighted by Gasteiger charge is -2.30. The summed E-state index contributed by atoms with van der Waals surface area (Å²) in [4.78, 5) is 1.78. The van der Waals surface area contributed by atoms with E-state index < -0.39 is 16.6 Å². The lowest BCUT2D eigenvalue weighted by atomic mass is 10.4. The normalized spacial score (nSPS) is 22.9. The molecule has 6 nitrogen and oxygen atoms in total. The minimum absolute atomic E-state index is 0.555. The molecule has 13 heavy (non-hydrogen) atoms. The molecule has 1 aliphatic heterocycles. The van der Waals surface area contributed by atoms with E-state index in [4.69, 9.17) is 9.29 Å². The van der Waals surface area contributed by atoms with Gasteiger partial charge in [0.25, 0.3) is 0 Å². The molecule has 0 aliphatic carbocycles. The van der Waals surface area contributed by atoms with E-state index in [9.17, 15) is 8.42 Å². The van der Waals surface area contributed by atoms with Crippen LogP contribution in [0.1, 0.15) is 6.92 Å². The molecule has 1 atom stereocenters. The summed E-state index contributed by atoms with van der Waals surface area (Å²) in [6, 6.07) is 0. The van der Waals surface area contributed by atoms with Gasteiger partial charge in [0.05, 0.1) is 13.2 Å². The van der Waals surface area contributed by atoms with E-state index in [2.05, 4.69) is 4.18 Å². The molecule has 78 valence electrons. The summed E-state index contributed by atoms with van der Waals surface area (Å²) in [5.74, 6) is 0. The fraction of sp³-hybridized carbons (Fsp3) is 1.00. The molecule has 1 heterocycles. The Labute approximate surface area is 77.4 Å². The molecule has 1 aliphatic rings. The molecular weight excluding hydrogens is 198 g/mol. The van der Waals surface area contributed by atoms with Gasteiger partial charge in [0.1, 0.15) is 6.23 Å². The highest BCUT2D eigenvalue weighted by Crippen LogP contribution is 2.06. The van der Waals surface area contributed by atoms with E-state index in [1.54, 1.807) is 11.8 Å². The van der Waals surface area contributed by atoms with Gasteiger partial charge in [-0.25, -0.2) is 4.18 Å². The quantitative estimate of drug-likeness (QED) is 0.633. The molecule has 0 spiro atoms. The summed E-state index contributed by atoms with van der Waals surface area (Å²) in [5.41, 5.74) is 0. The molecule has 1 unspecified atom stereocenters. The summed E-state index contributed by atoms with van der Waals surface area (Å²) in [7, 11) is -4.36. The first kappa shape index (κ1) is 10.9. The highest BCUT2D eigenvalue weighted by molar-refractivity contribution is 7.80. The number of hydrogen-bond donors (Lipinski definition) is 1. The third-order valence-corrected chi connectivity index (χ3v) is 2.34. The van der Waals surface area contributed by atoms with E-state index in [-0.39, 0.29) is 0 Å². The second kappa shape index (κ2) is 4.34. The molecule has 0 aromatic carbocycles. The Morgan fingerprint density at radius 2 is 2.00 bits per heavy atom. The van der Waals surface area contributed by atoms with Crippen molar-refractivity contribution in [3.8, 4) is 0 Å². The van der Waals surface area contributed by atoms with Crippen molar-refractivity contribution in [2.75, 3.05) is 26.3 Å². The summed E-state index contributed by atoms with van der Waals surface area (Å²) in [6.07, 6.45) is -0.640. The number of nitrogens with zero attached hydrogens (tertiary/aromatic N) is 1. The molecule has 1 saturated heterocycles. The summed E-state index contributed by atoms with van der Waals surface area (Å²) >= 11 is 0. The van der Waals surface area contributed by atoms with Crippen molar-refractivity contribution in [1.29, 1.82) is 0 Å². The molecule has 0 amide bonds. The maximum atomic E-state index is 10.4. The highest BCUT2D eigenvalue weighted by atomic mass is 32.3. The zero-order valence-electron chi connectivity index (χ0n) is 7.34. The van der Waals surface area contributed by atoms with Crippen LogP contribution in [0.3, 0.4) is 0 Å². The van der Waals surface area contributed by atoms with Crippen LogP contribution < -0.4 is 0 Å². The van der Waals surface area contributed by atoms with Gasteiger partial charge in [0.2, 0.25) is 0 Å². The largest absolute Gasteiger partial charge is 0.398 e. The predicted octanol–water partition coefficient (Wildman–Crippen LogP) is -0.516. The highest BCUT2D eigenvalue weighted by Gasteiger charge is 2.21. The molecule has 0 aromatic heterocycles. The van der Waals surface area contributed by atoms with Gasteiger partial charge < -0.3 is 4.74 Å². The standard InChI is InChI=1S/C6H13NO5S/c1-6(12-13(8,9)10)7-2-4-11-5-3-7/h6H,2-5H2,1H3,(H,8,9,10). The van der Waals surface area contributed by atoms with Gasteiger partial charge in [-0.05, 0) is 6.92 Å². The monoisotopic (exact) mass is 211 g/mol. The first-order valence-corrected chi connectivity index (χ1v) is 5.33. The molecule has 1 fully saturated rings. The van der Waals surface area contributed by atoms with Crippen LogP contribution >= 0.6 is 0 Å². The van der Waals surface area contributed by atoms with Crippen molar-refractivity contribution in [1.82, 2.24) is 4.90 Å². The van der Waals surface area contributed by atoms with Gasteiger partial charge in [-0.3, -0.25) is 9.45 Å². The molecule has 1 N–H and O–H groups in total. The Kier molecular flexibility index (Phi) is 3.63. The average molecular weight is 211 g/mol. The van der Waals surface area contributed by atoms with Crippen LogP contribution in [0.4, 0.5) is 0 Å². The Bertz CT molecular complexity index is 246. The van der Waals surface area contributed by atoms with Crippen LogP contribution in [-0.2, 0) is 19.3 Å². The Balaban J connectivity index is 2.42. The molecular formula is C6H13NO5S. The van der Waals surface area contributed by atoms with Gasteiger partial charge in [0, 0.05) is 13.1 Å². The Morgan fingerprint density at radius 3 is 2.46 bits per heavy atom. The molecule has 0 saturated carbocycles. The first-order chi connectivity index (χ1) is 5.99. The third-order valence-electron chi connectivity index (χ3n) is 1.82. The van der Waals surface area contributed by atoms with Crippen molar-refractivity contribution in [3.05, 3.63) is 0 Å². The van der Waals surface area contributed by atoms with Gasteiger partial charge in [-0.15, -0.1) is 0 Å². The van der Waals surface area contributed by atoms with Crippen LogP contribution in [-0.4, -0.2) is 50.4 Å². The van der Waals surface area contributed by atoms with E-state index in [1.807, 2.05) is 0 Å². The Hall–Kier alpha value is -0.210. The summed E-state index contributed by atoms with van der Waals surface area (Å²) < 4.78 is 38.6. The number of ether oxygens (including phenoxy) is 1. The molecule has 7 heteroatoms. The molecule has 0 radical (unpaired) electrons. The number of morpholine rings is 1. The second-order valence-corrected chi connectivity index (χ2v) is 3.82. The lowest BCUT2D eigenvalue weighted by Crippen LogP contribution is -2.44. The predicted molar refractivity (Wildman–Crippen MR) is 44.5 cm³/mol. The minimum Gasteiger partial charge on any atom is -0.379 e.